The molecule has 0 radical (unpaired) electrons. The summed E-state index contributed by atoms with van der Waals surface area (Å²) in [5.41, 5.74) is 2.13. The molecule has 0 N–H and O–H groups in total. The van der Waals surface area contributed by atoms with E-state index < -0.39 is 0 Å². The van der Waals surface area contributed by atoms with Gasteiger partial charge in [-0.05, 0) is 35.9 Å². The van der Waals surface area contributed by atoms with E-state index in [0.717, 1.165) is 5.56 Å². The van der Waals surface area contributed by atoms with E-state index in [-0.39, 0.29) is 12.4 Å². The van der Waals surface area contributed by atoms with Crippen LogP contribution in [0.25, 0.3) is 6.08 Å². The molecule has 3 aromatic carbocycles. The van der Waals surface area contributed by atoms with Crippen molar-refractivity contribution in [3.63, 3.8) is 0 Å². The molecular formula is C22H14Cl2O3. The molecule has 1 heterocycles. The number of halogens is 2. The first-order valence-electron chi connectivity index (χ1n) is 8.31. The quantitative estimate of drug-likeness (QED) is 0.493. The fraction of sp³-hybridized carbons (Fsp3) is 0.0455. The zero-order chi connectivity index (χ0) is 18.8. The van der Waals surface area contributed by atoms with Crippen molar-refractivity contribution in [2.75, 3.05) is 0 Å². The van der Waals surface area contributed by atoms with Crippen LogP contribution in [-0.4, -0.2) is 5.78 Å². The molecule has 3 nitrogen and oxygen atoms in total. The second-order valence-corrected chi connectivity index (χ2v) is 6.81. The Morgan fingerprint density at radius 3 is 2.41 bits per heavy atom. The van der Waals surface area contributed by atoms with Crippen LogP contribution in [0.3, 0.4) is 0 Å². The van der Waals surface area contributed by atoms with Crippen molar-refractivity contribution in [3.05, 3.63) is 99.2 Å². The van der Waals surface area contributed by atoms with E-state index >= 15 is 0 Å². The van der Waals surface area contributed by atoms with Gasteiger partial charge in [0.25, 0.3) is 0 Å². The van der Waals surface area contributed by atoms with Gasteiger partial charge in [-0.15, -0.1) is 0 Å². The maximum atomic E-state index is 12.5. The summed E-state index contributed by atoms with van der Waals surface area (Å²) in [5.74, 6) is 1.19. The van der Waals surface area contributed by atoms with Crippen molar-refractivity contribution in [2.45, 2.75) is 6.61 Å². The summed E-state index contributed by atoms with van der Waals surface area (Å²) in [6.07, 6.45) is 1.73. The molecule has 0 aliphatic carbocycles. The van der Waals surface area contributed by atoms with Crippen molar-refractivity contribution >= 4 is 35.1 Å². The Balaban J connectivity index is 1.54. The molecule has 3 aromatic rings. The molecule has 134 valence electrons. The molecule has 27 heavy (non-hydrogen) atoms. The molecule has 0 spiro atoms. The molecular weight excluding hydrogens is 383 g/mol. The van der Waals surface area contributed by atoms with E-state index in [1.807, 2.05) is 30.3 Å². The number of ketones is 1. The number of ether oxygens (including phenoxy) is 2. The van der Waals surface area contributed by atoms with Crippen molar-refractivity contribution < 1.29 is 14.3 Å². The molecule has 5 heteroatoms. The molecule has 0 saturated carbocycles. The predicted octanol–water partition coefficient (Wildman–Crippen LogP) is 6.19. The van der Waals surface area contributed by atoms with Crippen LogP contribution >= 0.6 is 23.2 Å². The Morgan fingerprint density at radius 2 is 1.67 bits per heavy atom. The summed E-state index contributed by atoms with van der Waals surface area (Å²) in [6, 6.07) is 20.0. The largest absolute Gasteiger partial charge is 0.489 e. The lowest BCUT2D eigenvalue weighted by Crippen LogP contribution is -1.98. The first kappa shape index (κ1) is 17.7. The van der Waals surface area contributed by atoms with Crippen LogP contribution in [0.5, 0.6) is 11.5 Å². The second-order valence-electron chi connectivity index (χ2n) is 6.00. The highest BCUT2D eigenvalue weighted by Crippen LogP contribution is 2.35. The highest BCUT2D eigenvalue weighted by atomic mass is 35.5. The van der Waals surface area contributed by atoms with Crippen molar-refractivity contribution in [3.8, 4) is 11.5 Å². The van der Waals surface area contributed by atoms with E-state index in [1.54, 1.807) is 42.5 Å². The van der Waals surface area contributed by atoms with Gasteiger partial charge in [0.2, 0.25) is 5.78 Å². The fourth-order valence-corrected chi connectivity index (χ4v) is 3.29. The molecule has 0 unspecified atom stereocenters. The number of carbonyl (C=O) groups is 1. The first-order valence-corrected chi connectivity index (χ1v) is 9.06. The number of benzene rings is 3. The smallest absolute Gasteiger partial charge is 0.231 e. The SMILES string of the molecule is O=C1C(=Cc2ccccc2)Oc2cc(OCc3c(Cl)cccc3Cl)ccc21. The Labute approximate surface area is 166 Å². The summed E-state index contributed by atoms with van der Waals surface area (Å²) in [7, 11) is 0. The lowest BCUT2D eigenvalue weighted by molar-refractivity contribution is 0.101. The van der Waals surface area contributed by atoms with Crippen LogP contribution in [0, 0.1) is 0 Å². The summed E-state index contributed by atoms with van der Waals surface area (Å²) < 4.78 is 11.5. The lowest BCUT2D eigenvalue weighted by Gasteiger charge is -2.10. The molecule has 0 bridgehead atoms. The molecule has 1 aliphatic heterocycles. The van der Waals surface area contributed by atoms with Crippen molar-refractivity contribution in [1.29, 1.82) is 0 Å². The Kier molecular flexibility index (Phi) is 4.88. The van der Waals surface area contributed by atoms with Crippen LogP contribution in [0.1, 0.15) is 21.5 Å². The molecule has 0 saturated heterocycles. The van der Waals surface area contributed by atoms with Crippen LogP contribution in [0.4, 0.5) is 0 Å². The first-order chi connectivity index (χ1) is 13.1. The third kappa shape index (κ3) is 3.70. The number of Topliss-reactive ketones (excluding diaryl/α,β-unsaturated/α-hetero) is 1. The third-order valence-electron chi connectivity index (χ3n) is 4.18. The standard InChI is InChI=1S/C22H14Cl2O3/c23-18-7-4-8-19(24)17(18)13-26-15-9-10-16-20(12-15)27-21(22(16)25)11-14-5-2-1-3-6-14/h1-12H,13H2. The van der Waals surface area contributed by atoms with Crippen LogP contribution in [-0.2, 0) is 6.61 Å². The van der Waals surface area contributed by atoms with Gasteiger partial charge in [0.1, 0.15) is 18.1 Å². The summed E-state index contributed by atoms with van der Waals surface area (Å²) >= 11 is 12.3. The number of fused-ring (bicyclic) bond motifs is 1. The van der Waals surface area contributed by atoms with Gasteiger partial charge in [-0.1, -0.05) is 59.6 Å². The maximum absolute atomic E-state index is 12.5. The number of allylic oxidation sites excluding steroid dienone is 1. The van der Waals surface area contributed by atoms with Gasteiger partial charge in [-0.25, -0.2) is 0 Å². The Bertz CT molecular complexity index is 1020. The van der Waals surface area contributed by atoms with Gasteiger partial charge in [0.05, 0.1) is 5.56 Å². The zero-order valence-corrected chi connectivity index (χ0v) is 15.6. The van der Waals surface area contributed by atoms with Crippen molar-refractivity contribution in [1.82, 2.24) is 0 Å². The van der Waals surface area contributed by atoms with E-state index in [0.29, 0.717) is 38.4 Å². The van der Waals surface area contributed by atoms with E-state index in [9.17, 15) is 4.79 Å². The summed E-state index contributed by atoms with van der Waals surface area (Å²) in [5, 5.41) is 1.09. The van der Waals surface area contributed by atoms with Crippen LogP contribution in [0.2, 0.25) is 10.0 Å². The second kappa shape index (κ2) is 7.47. The lowest BCUT2D eigenvalue weighted by atomic mass is 10.1. The predicted molar refractivity (Wildman–Crippen MR) is 107 cm³/mol. The number of carbonyl (C=O) groups excluding carboxylic acids is 1. The van der Waals surface area contributed by atoms with Crippen molar-refractivity contribution in [2.24, 2.45) is 0 Å². The Hall–Kier alpha value is -2.75. The van der Waals surface area contributed by atoms with E-state index in [1.165, 1.54) is 0 Å². The minimum absolute atomic E-state index is 0.144. The van der Waals surface area contributed by atoms with E-state index in [4.69, 9.17) is 32.7 Å². The monoisotopic (exact) mass is 396 g/mol. The van der Waals surface area contributed by atoms with E-state index in [2.05, 4.69) is 0 Å². The molecule has 1 aliphatic rings. The molecule has 0 fully saturated rings. The summed E-state index contributed by atoms with van der Waals surface area (Å²) in [4.78, 5) is 12.5. The van der Waals surface area contributed by atoms with Gasteiger partial charge in [-0.3, -0.25) is 4.79 Å². The minimum atomic E-state index is -0.144. The van der Waals surface area contributed by atoms with Crippen LogP contribution < -0.4 is 9.47 Å². The minimum Gasteiger partial charge on any atom is -0.489 e. The van der Waals surface area contributed by atoms with Gasteiger partial charge in [-0.2, -0.15) is 0 Å². The highest BCUT2D eigenvalue weighted by Gasteiger charge is 2.27. The topological polar surface area (TPSA) is 35.5 Å². The molecule has 0 amide bonds. The van der Waals surface area contributed by atoms with Gasteiger partial charge >= 0.3 is 0 Å². The number of hydrogen-bond acceptors (Lipinski definition) is 3. The fourth-order valence-electron chi connectivity index (χ4n) is 2.78. The zero-order valence-electron chi connectivity index (χ0n) is 14.1. The average molecular weight is 397 g/mol. The molecule has 4 rings (SSSR count). The van der Waals surface area contributed by atoms with Crippen LogP contribution in [0.15, 0.2) is 72.5 Å². The highest BCUT2D eigenvalue weighted by molar-refractivity contribution is 6.35. The number of rotatable bonds is 4. The summed E-state index contributed by atoms with van der Waals surface area (Å²) in [6.45, 7) is 0.220. The van der Waals surface area contributed by atoms with Gasteiger partial charge in [0, 0.05) is 21.7 Å². The third-order valence-corrected chi connectivity index (χ3v) is 4.89. The normalized spacial score (nSPS) is 14.1. The maximum Gasteiger partial charge on any atom is 0.231 e. The molecule has 0 atom stereocenters. The molecule has 0 aromatic heterocycles. The van der Waals surface area contributed by atoms with Gasteiger partial charge in [0.15, 0.2) is 5.76 Å². The number of hydrogen-bond donors (Lipinski definition) is 0. The average Bonchev–Trinajstić information content (AvgIpc) is 2.97. The Morgan fingerprint density at radius 1 is 0.926 bits per heavy atom. The van der Waals surface area contributed by atoms with Gasteiger partial charge < -0.3 is 9.47 Å².